The highest BCUT2D eigenvalue weighted by Crippen LogP contribution is 2.06. The number of rotatable bonds is 6. The maximum absolute atomic E-state index is 11.6. The Morgan fingerprint density at radius 2 is 1.76 bits per heavy atom. The number of hydrogen-bond acceptors (Lipinski definition) is 3. The molecule has 4 nitrogen and oxygen atoms in total. The van der Waals surface area contributed by atoms with Crippen LogP contribution in [0, 0.1) is 0 Å². The number of sulfonamides is 1. The van der Waals surface area contributed by atoms with Crippen LogP contribution in [0.1, 0.15) is 25.0 Å². The molecule has 0 aliphatic carbocycles. The normalized spacial score (nSPS) is 13.6. The van der Waals surface area contributed by atoms with Crippen molar-refractivity contribution in [2.45, 2.75) is 32.1 Å². The van der Waals surface area contributed by atoms with Gasteiger partial charge in [-0.1, -0.05) is 31.2 Å². The van der Waals surface area contributed by atoms with Gasteiger partial charge in [0.1, 0.15) is 0 Å². The molecular weight excluding hydrogens is 238 g/mol. The van der Waals surface area contributed by atoms with E-state index in [1.54, 1.807) is 0 Å². The zero-order valence-corrected chi connectivity index (χ0v) is 11.0. The minimum atomic E-state index is -3.42. The van der Waals surface area contributed by atoms with Gasteiger partial charge in [0.2, 0.25) is 10.0 Å². The van der Waals surface area contributed by atoms with E-state index in [0.717, 1.165) is 12.0 Å². The summed E-state index contributed by atoms with van der Waals surface area (Å²) in [7, 11) is -3.42. The van der Waals surface area contributed by atoms with Crippen molar-refractivity contribution in [3.05, 3.63) is 35.4 Å². The Morgan fingerprint density at radius 3 is 2.24 bits per heavy atom. The molecule has 17 heavy (non-hydrogen) atoms. The quantitative estimate of drug-likeness (QED) is 0.800. The van der Waals surface area contributed by atoms with Gasteiger partial charge in [-0.05, 0) is 24.5 Å². The van der Waals surface area contributed by atoms with Crippen molar-refractivity contribution in [1.82, 2.24) is 4.72 Å². The van der Waals surface area contributed by atoms with E-state index in [-0.39, 0.29) is 13.2 Å². The first kappa shape index (κ1) is 14.2. The summed E-state index contributed by atoms with van der Waals surface area (Å²) in [4.78, 5) is 0. The molecule has 1 atom stereocenters. The van der Waals surface area contributed by atoms with Crippen molar-refractivity contribution in [2.24, 2.45) is 0 Å². The average Bonchev–Trinajstić information content (AvgIpc) is 2.36. The Morgan fingerprint density at radius 1 is 1.24 bits per heavy atom. The first-order valence-corrected chi connectivity index (χ1v) is 7.21. The second-order valence-corrected chi connectivity index (χ2v) is 6.21. The molecule has 5 heteroatoms. The maximum atomic E-state index is 11.6. The smallest absolute Gasteiger partial charge is 0.216 e. The van der Waals surface area contributed by atoms with E-state index in [9.17, 15) is 8.42 Å². The van der Waals surface area contributed by atoms with Crippen LogP contribution < -0.4 is 4.72 Å². The molecule has 0 heterocycles. The number of aliphatic hydroxyl groups excluding tert-OH is 1. The average molecular weight is 257 g/mol. The van der Waals surface area contributed by atoms with Crippen molar-refractivity contribution in [1.29, 1.82) is 0 Å². The van der Waals surface area contributed by atoms with E-state index in [1.165, 1.54) is 12.5 Å². The standard InChI is InChI=1S/C12H19NO3S/c1-3-11-4-6-12(7-5-11)8-13-17(15,16)10(2)9-14/h4-7,10,13-14H,3,8-9H2,1-2H3. The van der Waals surface area contributed by atoms with E-state index in [2.05, 4.69) is 11.6 Å². The molecule has 2 N–H and O–H groups in total. The Hall–Kier alpha value is -0.910. The third kappa shape index (κ3) is 4.11. The summed E-state index contributed by atoms with van der Waals surface area (Å²) in [6, 6.07) is 7.79. The van der Waals surface area contributed by atoms with E-state index < -0.39 is 15.3 Å². The summed E-state index contributed by atoms with van der Waals surface area (Å²) in [6.45, 7) is 3.43. The summed E-state index contributed by atoms with van der Waals surface area (Å²) in [5.74, 6) is 0. The maximum Gasteiger partial charge on any atom is 0.216 e. The van der Waals surface area contributed by atoms with Gasteiger partial charge in [-0.3, -0.25) is 0 Å². The Kier molecular flexibility index (Phi) is 5.11. The summed E-state index contributed by atoms with van der Waals surface area (Å²) in [5, 5.41) is 8.04. The van der Waals surface area contributed by atoms with Crippen LogP contribution in [0.5, 0.6) is 0 Å². The lowest BCUT2D eigenvalue weighted by atomic mass is 10.1. The fourth-order valence-electron chi connectivity index (χ4n) is 1.32. The van der Waals surface area contributed by atoms with Gasteiger partial charge >= 0.3 is 0 Å². The number of aliphatic hydroxyl groups is 1. The monoisotopic (exact) mass is 257 g/mol. The van der Waals surface area contributed by atoms with Crippen molar-refractivity contribution in [3.63, 3.8) is 0 Å². The Bertz CT molecular complexity index is 439. The first-order valence-electron chi connectivity index (χ1n) is 5.66. The topological polar surface area (TPSA) is 66.4 Å². The van der Waals surface area contributed by atoms with Gasteiger partial charge in [-0.2, -0.15) is 0 Å². The fraction of sp³-hybridized carbons (Fsp3) is 0.500. The zero-order valence-electron chi connectivity index (χ0n) is 10.2. The van der Waals surface area contributed by atoms with E-state index in [0.29, 0.717) is 0 Å². The van der Waals surface area contributed by atoms with Crippen LogP contribution in [-0.4, -0.2) is 25.4 Å². The predicted octanol–water partition coefficient (Wildman–Crippen LogP) is 1.05. The largest absolute Gasteiger partial charge is 0.395 e. The highest BCUT2D eigenvalue weighted by atomic mass is 32.2. The zero-order chi connectivity index (χ0) is 12.9. The number of aryl methyl sites for hydroxylation is 1. The van der Waals surface area contributed by atoms with Crippen LogP contribution >= 0.6 is 0 Å². The lowest BCUT2D eigenvalue weighted by Crippen LogP contribution is -2.34. The molecule has 96 valence electrons. The molecule has 0 bridgehead atoms. The van der Waals surface area contributed by atoms with Gasteiger partial charge in [0.25, 0.3) is 0 Å². The van der Waals surface area contributed by atoms with Crippen LogP contribution in [0.25, 0.3) is 0 Å². The molecule has 0 saturated heterocycles. The van der Waals surface area contributed by atoms with Crippen LogP contribution in [0.3, 0.4) is 0 Å². The molecule has 0 fully saturated rings. The third-order valence-electron chi connectivity index (χ3n) is 2.70. The molecule has 1 aromatic rings. The van der Waals surface area contributed by atoms with Crippen molar-refractivity contribution >= 4 is 10.0 Å². The van der Waals surface area contributed by atoms with Gasteiger partial charge < -0.3 is 5.11 Å². The second-order valence-electron chi connectivity index (χ2n) is 4.03. The molecule has 1 aromatic carbocycles. The minimum Gasteiger partial charge on any atom is -0.395 e. The molecule has 0 aliphatic heterocycles. The number of hydrogen-bond donors (Lipinski definition) is 2. The molecule has 0 radical (unpaired) electrons. The minimum absolute atomic E-state index is 0.261. The summed E-state index contributed by atoms with van der Waals surface area (Å²) in [6.07, 6.45) is 0.966. The SMILES string of the molecule is CCc1ccc(CNS(=O)(=O)C(C)CO)cc1. The molecule has 0 amide bonds. The van der Waals surface area contributed by atoms with Gasteiger partial charge in [-0.25, -0.2) is 13.1 Å². The molecular formula is C12H19NO3S. The summed E-state index contributed by atoms with van der Waals surface area (Å²) < 4.78 is 25.6. The van der Waals surface area contributed by atoms with E-state index in [4.69, 9.17) is 5.11 Å². The van der Waals surface area contributed by atoms with Gasteiger partial charge in [0.15, 0.2) is 0 Å². The van der Waals surface area contributed by atoms with Crippen LogP contribution in [0.2, 0.25) is 0 Å². The summed E-state index contributed by atoms with van der Waals surface area (Å²) in [5.41, 5.74) is 2.14. The molecule has 1 unspecified atom stereocenters. The van der Waals surface area contributed by atoms with E-state index >= 15 is 0 Å². The predicted molar refractivity (Wildman–Crippen MR) is 68.1 cm³/mol. The van der Waals surface area contributed by atoms with Gasteiger partial charge in [0, 0.05) is 6.54 Å². The highest BCUT2D eigenvalue weighted by Gasteiger charge is 2.18. The van der Waals surface area contributed by atoms with Crippen molar-refractivity contribution < 1.29 is 13.5 Å². The Balaban J connectivity index is 2.61. The summed E-state index contributed by atoms with van der Waals surface area (Å²) >= 11 is 0. The van der Waals surface area contributed by atoms with Crippen LogP contribution in [0.4, 0.5) is 0 Å². The molecule has 0 spiro atoms. The van der Waals surface area contributed by atoms with Gasteiger partial charge in [-0.15, -0.1) is 0 Å². The van der Waals surface area contributed by atoms with Crippen molar-refractivity contribution in [3.8, 4) is 0 Å². The molecule has 0 saturated carbocycles. The third-order valence-corrected chi connectivity index (χ3v) is 4.45. The lowest BCUT2D eigenvalue weighted by molar-refractivity contribution is 0.294. The van der Waals surface area contributed by atoms with Crippen LogP contribution in [0.15, 0.2) is 24.3 Å². The molecule has 0 aromatic heterocycles. The number of benzene rings is 1. The van der Waals surface area contributed by atoms with Gasteiger partial charge in [0.05, 0.1) is 11.9 Å². The lowest BCUT2D eigenvalue weighted by Gasteiger charge is -2.11. The van der Waals surface area contributed by atoms with Crippen LogP contribution in [-0.2, 0) is 23.0 Å². The van der Waals surface area contributed by atoms with Crippen molar-refractivity contribution in [2.75, 3.05) is 6.61 Å². The fourth-order valence-corrected chi connectivity index (χ4v) is 2.17. The van der Waals surface area contributed by atoms with E-state index in [1.807, 2.05) is 24.3 Å². The Labute approximate surface area is 103 Å². The number of nitrogens with one attached hydrogen (secondary N) is 1. The molecule has 1 rings (SSSR count). The molecule has 0 aliphatic rings. The second kappa shape index (κ2) is 6.14. The first-order chi connectivity index (χ1) is 7.99. The highest BCUT2D eigenvalue weighted by molar-refractivity contribution is 7.90.